The molecule has 0 bridgehead atoms. The smallest absolute Gasteiger partial charge is 0.247 e. The Bertz CT molecular complexity index is 431. The van der Waals surface area contributed by atoms with E-state index in [0.29, 0.717) is 12.5 Å². The standard InChI is InChI=1S/C12H17N3O2/c1-8(10-6-13-7-10)12(17)15-5-9-2-3-11(16)14-4-9/h2-4,8,10,13H,5-7H2,1H3,(H,14,16)(H,15,17). The van der Waals surface area contributed by atoms with E-state index in [2.05, 4.69) is 15.6 Å². The fourth-order valence-corrected chi connectivity index (χ4v) is 1.78. The molecule has 0 aromatic carbocycles. The number of carbonyl (C=O) groups excluding carboxylic acids is 1. The molecular weight excluding hydrogens is 218 g/mol. The third kappa shape index (κ3) is 2.94. The van der Waals surface area contributed by atoms with Crippen LogP contribution in [0.2, 0.25) is 0 Å². The molecule has 5 nitrogen and oxygen atoms in total. The first-order valence-corrected chi connectivity index (χ1v) is 5.83. The molecule has 5 heteroatoms. The average Bonchev–Trinajstić information content (AvgIpc) is 2.25. The van der Waals surface area contributed by atoms with Gasteiger partial charge in [0.25, 0.3) is 0 Å². The van der Waals surface area contributed by atoms with Gasteiger partial charge in [-0.25, -0.2) is 0 Å². The molecule has 1 amide bonds. The van der Waals surface area contributed by atoms with E-state index in [4.69, 9.17) is 0 Å². The minimum atomic E-state index is -0.131. The van der Waals surface area contributed by atoms with Crippen LogP contribution < -0.4 is 16.2 Å². The number of hydrogen-bond acceptors (Lipinski definition) is 3. The molecule has 92 valence electrons. The normalized spacial score (nSPS) is 17.2. The van der Waals surface area contributed by atoms with Crippen LogP contribution in [0.3, 0.4) is 0 Å². The first-order valence-electron chi connectivity index (χ1n) is 5.83. The molecule has 1 unspecified atom stereocenters. The minimum Gasteiger partial charge on any atom is -0.352 e. The highest BCUT2D eigenvalue weighted by Crippen LogP contribution is 2.15. The predicted molar refractivity (Wildman–Crippen MR) is 64.4 cm³/mol. The van der Waals surface area contributed by atoms with Crippen molar-refractivity contribution in [1.82, 2.24) is 15.6 Å². The summed E-state index contributed by atoms with van der Waals surface area (Å²) >= 11 is 0. The lowest BCUT2D eigenvalue weighted by Crippen LogP contribution is -2.49. The van der Waals surface area contributed by atoms with Crippen LogP contribution in [0.25, 0.3) is 0 Å². The van der Waals surface area contributed by atoms with Gasteiger partial charge < -0.3 is 15.6 Å². The van der Waals surface area contributed by atoms with Crippen LogP contribution >= 0.6 is 0 Å². The van der Waals surface area contributed by atoms with Crippen LogP contribution in [0.1, 0.15) is 12.5 Å². The van der Waals surface area contributed by atoms with Crippen molar-refractivity contribution < 1.29 is 4.79 Å². The highest BCUT2D eigenvalue weighted by Gasteiger charge is 2.28. The van der Waals surface area contributed by atoms with Gasteiger partial charge >= 0.3 is 0 Å². The van der Waals surface area contributed by atoms with Crippen molar-refractivity contribution in [3.63, 3.8) is 0 Å². The first kappa shape index (κ1) is 11.9. The van der Waals surface area contributed by atoms with Crippen LogP contribution in [0.15, 0.2) is 23.1 Å². The minimum absolute atomic E-state index is 0.0408. The number of pyridine rings is 1. The second-order valence-electron chi connectivity index (χ2n) is 4.49. The van der Waals surface area contributed by atoms with Crippen LogP contribution in [-0.4, -0.2) is 24.0 Å². The molecule has 1 aliphatic rings. The van der Waals surface area contributed by atoms with Gasteiger partial charge in [0.15, 0.2) is 0 Å². The highest BCUT2D eigenvalue weighted by molar-refractivity contribution is 5.78. The maximum Gasteiger partial charge on any atom is 0.247 e. The molecular formula is C12H17N3O2. The Morgan fingerprint density at radius 2 is 2.29 bits per heavy atom. The molecule has 1 aromatic heterocycles. The Morgan fingerprint density at radius 1 is 1.53 bits per heavy atom. The number of aromatic amines is 1. The maximum absolute atomic E-state index is 11.8. The van der Waals surface area contributed by atoms with Crippen molar-refractivity contribution in [3.8, 4) is 0 Å². The lowest BCUT2D eigenvalue weighted by molar-refractivity contribution is -0.126. The zero-order chi connectivity index (χ0) is 12.3. The third-order valence-electron chi connectivity index (χ3n) is 3.25. The fraction of sp³-hybridized carbons (Fsp3) is 0.500. The van der Waals surface area contributed by atoms with E-state index >= 15 is 0 Å². The lowest BCUT2D eigenvalue weighted by Gasteiger charge is -2.31. The Hall–Kier alpha value is -1.62. The summed E-state index contributed by atoms with van der Waals surface area (Å²) in [6.45, 7) is 4.26. The number of rotatable bonds is 4. The van der Waals surface area contributed by atoms with Crippen molar-refractivity contribution >= 4 is 5.91 Å². The van der Waals surface area contributed by atoms with Crippen LogP contribution in [0.5, 0.6) is 0 Å². The van der Waals surface area contributed by atoms with E-state index in [1.165, 1.54) is 6.07 Å². The number of aromatic nitrogens is 1. The molecule has 2 rings (SSSR count). The molecule has 1 aromatic rings. The summed E-state index contributed by atoms with van der Waals surface area (Å²) in [7, 11) is 0. The average molecular weight is 235 g/mol. The molecule has 17 heavy (non-hydrogen) atoms. The van der Waals surface area contributed by atoms with Gasteiger partial charge in [0.2, 0.25) is 11.5 Å². The summed E-state index contributed by atoms with van der Waals surface area (Å²) in [6, 6.07) is 3.18. The fourth-order valence-electron chi connectivity index (χ4n) is 1.78. The summed E-state index contributed by atoms with van der Waals surface area (Å²) in [4.78, 5) is 25.2. The van der Waals surface area contributed by atoms with Crippen molar-refractivity contribution in [3.05, 3.63) is 34.2 Å². The molecule has 3 N–H and O–H groups in total. The molecule has 0 saturated carbocycles. The van der Waals surface area contributed by atoms with E-state index in [-0.39, 0.29) is 17.4 Å². The number of amides is 1. The molecule has 0 spiro atoms. The van der Waals surface area contributed by atoms with E-state index in [0.717, 1.165) is 18.7 Å². The maximum atomic E-state index is 11.8. The molecule has 1 aliphatic heterocycles. The molecule has 0 radical (unpaired) electrons. The second kappa shape index (κ2) is 5.14. The van der Waals surface area contributed by atoms with Gasteiger partial charge in [0, 0.05) is 24.7 Å². The largest absolute Gasteiger partial charge is 0.352 e. The van der Waals surface area contributed by atoms with E-state index in [1.54, 1.807) is 12.3 Å². The Labute approximate surface area is 99.6 Å². The molecule has 0 aliphatic carbocycles. The summed E-state index contributed by atoms with van der Waals surface area (Å²) in [6.07, 6.45) is 1.62. The predicted octanol–water partition coefficient (Wildman–Crippen LogP) is -0.153. The summed E-state index contributed by atoms with van der Waals surface area (Å²) in [5.74, 6) is 0.562. The van der Waals surface area contributed by atoms with Crippen LogP contribution in [0.4, 0.5) is 0 Å². The van der Waals surface area contributed by atoms with E-state index < -0.39 is 0 Å². The summed E-state index contributed by atoms with van der Waals surface area (Å²) in [5.41, 5.74) is 0.769. The van der Waals surface area contributed by atoms with Crippen molar-refractivity contribution in [2.45, 2.75) is 13.5 Å². The number of H-pyrrole nitrogens is 1. The van der Waals surface area contributed by atoms with Gasteiger partial charge in [-0.15, -0.1) is 0 Å². The summed E-state index contributed by atoms with van der Waals surface area (Å²) < 4.78 is 0. The van der Waals surface area contributed by atoms with Crippen molar-refractivity contribution in [2.24, 2.45) is 11.8 Å². The Kier molecular flexibility index (Phi) is 3.58. The number of hydrogen-bond donors (Lipinski definition) is 3. The Morgan fingerprint density at radius 3 is 2.82 bits per heavy atom. The quantitative estimate of drug-likeness (QED) is 0.679. The monoisotopic (exact) mass is 235 g/mol. The van der Waals surface area contributed by atoms with E-state index in [9.17, 15) is 9.59 Å². The van der Waals surface area contributed by atoms with Gasteiger partial charge in [-0.3, -0.25) is 9.59 Å². The van der Waals surface area contributed by atoms with Gasteiger partial charge in [-0.1, -0.05) is 13.0 Å². The van der Waals surface area contributed by atoms with E-state index in [1.807, 2.05) is 6.92 Å². The molecule has 1 saturated heterocycles. The lowest BCUT2D eigenvalue weighted by atomic mass is 9.88. The first-order chi connectivity index (χ1) is 8.16. The van der Waals surface area contributed by atoms with Gasteiger partial charge in [-0.2, -0.15) is 0 Å². The van der Waals surface area contributed by atoms with Gasteiger partial charge in [0.1, 0.15) is 0 Å². The Balaban J connectivity index is 1.82. The third-order valence-corrected chi connectivity index (χ3v) is 3.25. The molecule has 1 atom stereocenters. The van der Waals surface area contributed by atoms with Crippen LogP contribution in [0, 0.1) is 11.8 Å². The zero-order valence-electron chi connectivity index (χ0n) is 9.82. The van der Waals surface area contributed by atoms with Gasteiger partial charge in [0.05, 0.1) is 0 Å². The topological polar surface area (TPSA) is 74.0 Å². The number of carbonyl (C=O) groups is 1. The van der Waals surface area contributed by atoms with Crippen molar-refractivity contribution in [2.75, 3.05) is 13.1 Å². The van der Waals surface area contributed by atoms with Crippen molar-refractivity contribution in [1.29, 1.82) is 0 Å². The van der Waals surface area contributed by atoms with Crippen LogP contribution in [-0.2, 0) is 11.3 Å². The molecule has 1 fully saturated rings. The SMILES string of the molecule is CC(C(=O)NCc1ccc(=O)[nH]c1)C1CNC1. The second-order valence-corrected chi connectivity index (χ2v) is 4.49. The number of nitrogens with one attached hydrogen (secondary N) is 3. The zero-order valence-corrected chi connectivity index (χ0v) is 9.82. The van der Waals surface area contributed by atoms with Gasteiger partial charge in [-0.05, 0) is 24.6 Å². The summed E-state index contributed by atoms with van der Waals surface area (Å²) in [5, 5.41) is 6.04. The molecule has 2 heterocycles. The highest BCUT2D eigenvalue weighted by atomic mass is 16.2.